The molecule has 2 aromatic rings. The van der Waals surface area contributed by atoms with Gasteiger partial charge in [0.25, 0.3) is 5.91 Å². The number of hydrogen-bond donors (Lipinski definition) is 1. The quantitative estimate of drug-likeness (QED) is 0.919. The van der Waals surface area contributed by atoms with Crippen molar-refractivity contribution in [3.05, 3.63) is 45.9 Å². The first-order chi connectivity index (χ1) is 9.99. The molecule has 1 amide bonds. The van der Waals surface area contributed by atoms with Gasteiger partial charge in [0.15, 0.2) is 0 Å². The van der Waals surface area contributed by atoms with Crippen LogP contribution in [0.5, 0.6) is 0 Å². The van der Waals surface area contributed by atoms with E-state index in [4.69, 9.17) is 0 Å². The van der Waals surface area contributed by atoms with Gasteiger partial charge in [-0.2, -0.15) is 0 Å². The van der Waals surface area contributed by atoms with Crippen LogP contribution >= 0.6 is 11.3 Å². The van der Waals surface area contributed by atoms with Crippen LogP contribution < -0.4 is 5.32 Å². The van der Waals surface area contributed by atoms with Crippen LogP contribution in [0.4, 0.5) is 5.69 Å². The SMILES string of the molecule is Cc1ncsc1CN(C)C(=O)c1ccccc1NC(C)C. The molecular formula is C16H21N3OS. The average Bonchev–Trinajstić information content (AvgIpc) is 2.83. The van der Waals surface area contributed by atoms with Gasteiger partial charge in [0.1, 0.15) is 0 Å². The average molecular weight is 303 g/mol. The van der Waals surface area contributed by atoms with Crippen LogP contribution in [0.3, 0.4) is 0 Å². The second kappa shape index (κ2) is 6.72. The second-order valence-corrected chi connectivity index (χ2v) is 6.31. The van der Waals surface area contributed by atoms with Crippen molar-refractivity contribution in [3.8, 4) is 0 Å². The number of aromatic nitrogens is 1. The van der Waals surface area contributed by atoms with Crippen LogP contribution in [0, 0.1) is 6.92 Å². The molecule has 1 N–H and O–H groups in total. The maximum Gasteiger partial charge on any atom is 0.256 e. The monoisotopic (exact) mass is 303 g/mol. The minimum atomic E-state index is 0.0200. The van der Waals surface area contributed by atoms with Gasteiger partial charge in [-0.15, -0.1) is 11.3 Å². The number of carbonyl (C=O) groups is 1. The van der Waals surface area contributed by atoms with Crippen LogP contribution in [-0.4, -0.2) is 28.9 Å². The highest BCUT2D eigenvalue weighted by molar-refractivity contribution is 7.09. The zero-order valence-corrected chi connectivity index (χ0v) is 13.7. The van der Waals surface area contributed by atoms with E-state index in [9.17, 15) is 4.79 Å². The Labute approximate surface area is 129 Å². The minimum Gasteiger partial charge on any atom is -0.382 e. The van der Waals surface area contributed by atoms with Crippen molar-refractivity contribution < 1.29 is 4.79 Å². The molecule has 0 atom stereocenters. The molecule has 0 aliphatic carbocycles. The van der Waals surface area contributed by atoms with Crippen LogP contribution in [0.25, 0.3) is 0 Å². The molecule has 1 aromatic carbocycles. The van der Waals surface area contributed by atoms with Crippen LogP contribution in [0.15, 0.2) is 29.8 Å². The Kier molecular flexibility index (Phi) is 4.96. The molecule has 0 aliphatic heterocycles. The first kappa shape index (κ1) is 15.5. The molecule has 0 saturated heterocycles. The van der Waals surface area contributed by atoms with E-state index in [0.717, 1.165) is 16.3 Å². The third kappa shape index (κ3) is 3.82. The molecule has 0 fully saturated rings. The molecule has 0 spiro atoms. The summed E-state index contributed by atoms with van der Waals surface area (Å²) >= 11 is 1.58. The van der Waals surface area contributed by atoms with Crippen molar-refractivity contribution in [2.45, 2.75) is 33.4 Å². The lowest BCUT2D eigenvalue weighted by Crippen LogP contribution is -2.27. The number of benzene rings is 1. The summed E-state index contributed by atoms with van der Waals surface area (Å²) in [4.78, 5) is 19.7. The van der Waals surface area contributed by atoms with E-state index in [-0.39, 0.29) is 11.9 Å². The van der Waals surface area contributed by atoms with E-state index >= 15 is 0 Å². The summed E-state index contributed by atoms with van der Waals surface area (Å²) in [5, 5.41) is 3.32. The van der Waals surface area contributed by atoms with Crippen LogP contribution in [0.2, 0.25) is 0 Å². The molecule has 4 nitrogen and oxygen atoms in total. The van der Waals surface area contributed by atoms with Crippen molar-refractivity contribution in [2.75, 3.05) is 12.4 Å². The number of aryl methyl sites for hydroxylation is 1. The number of carbonyl (C=O) groups excluding carboxylic acids is 1. The first-order valence-electron chi connectivity index (χ1n) is 6.99. The Balaban J connectivity index is 2.17. The van der Waals surface area contributed by atoms with Gasteiger partial charge in [-0.25, -0.2) is 4.98 Å². The molecule has 0 saturated carbocycles. The van der Waals surface area contributed by atoms with Crippen molar-refractivity contribution in [3.63, 3.8) is 0 Å². The number of rotatable bonds is 5. The fraction of sp³-hybridized carbons (Fsp3) is 0.375. The Morgan fingerprint density at radius 3 is 2.71 bits per heavy atom. The molecule has 0 bridgehead atoms. The third-order valence-corrected chi connectivity index (χ3v) is 4.09. The molecule has 2 rings (SSSR count). The van der Waals surface area contributed by atoms with E-state index in [0.29, 0.717) is 12.1 Å². The number of nitrogens with zero attached hydrogens (tertiary/aromatic N) is 2. The van der Waals surface area contributed by atoms with Gasteiger partial charge >= 0.3 is 0 Å². The summed E-state index contributed by atoms with van der Waals surface area (Å²) in [5.41, 5.74) is 4.39. The van der Waals surface area contributed by atoms with Crippen LogP contribution in [0.1, 0.15) is 34.8 Å². The second-order valence-electron chi connectivity index (χ2n) is 5.37. The lowest BCUT2D eigenvalue weighted by atomic mass is 10.1. The number of amides is 1. The Morgan fingerprint density at radius 1 is 1.38 bits per heavy atom. The topological polar surface area (TPSA) is 45.2 Å². The summed E-state index contributed by atoms with van der Waals surface area (Å²) in [5.74, 6) is 0.0200. The Bertz CT molecular complexity index is 621. The number of thiazole rings is 1. The van der Waals surface area contributed by atoms with Crippen molar-refractivity contribution in [1.82, 2.24) is 9.88 Å². The smallest absolute Gasteiger partial charge is 0.256 e. The van der Waals surface area contributed by atoms with Crippen molar-refractivity contribution in [2.24, 2.45) is 0 Å². The predicted octanol–water partition coefficient (Wildman–Crippen LogP) is 3.54. The van der Waals surface area contributed by atoms with E-state index in [1.165, 1.54) is 0 Å². The minimum absolute atomic E-state index is 0.0200. The number of nitrogens with one attached hydrogen (secondary N) is 1. The fourth-order valence-corrected chi connectivity index (χ4v) is 2.91. The fourth-order valence-electron chi connectivity index (χ4n) is 2.08. The maximum absolute atomic E-state index is 12.7. The molecular weight excluding hydrogens is 282 g/mol. The predicted molar refractivity (Wildman–Crippen MR) is 87.8 cm³/mol. The molecule has 1 aromatic heterocycles. The highest BCUT2D eigenvalue weighted by atomic mass is 32.1. The Morgan fingerprint density at radius 2 is 2.10 bits per heavy atom. The molecule has 21 heavy (non-hydrogen) atoms. The van der Waals surface area contributed by atoms with Crippen LogP contribution in [-0.2, 0) is 6.54 Å². The third-order valence-electron chi connectivity index (χ3n) is 3.17. The first-order valence-corrected chi connectivity index (χ1v) is 7.87. The van der Waals surface area contributed by atoms with Gasteiger partial charge in [0, 0.05) is 23.7 Å². The van der Waals surface area contributed by atoms with Gasteiger partial charge in [0.05, 0.1) is 23.3 Å². The molecule has 0 unspecified atom stereocenters. The van der Waals surface area contributed by atoms with Crippen molar-refractivity contribution in [1.29, 1.82) is 0 Å². The molecule has 0 radical (unpaired) electrons. The number of hydrogen-bond acceptors (Lipinski definition) is 4. The normalized spacial score (nSPS) is 10.7. The molecule has 1 heterocycles. The van der Waals surface area contributed by atoms with Gasteiger partial charge in [0.2, 0.25) is 0 Å². The standard InChI is InChI=1S/C16H21N3OS/c1-11(2)18-14-8-6-5-7-13(14)16(20)19(4)9-15-12(3)17-10-21-15/h5-8,10-11,18H,9H2,1-4H3. The molecule has 5 heteroatoms. The molecule has 0 aliphatic rings. The zero-order valence-electron chi connectivity index (χ0n) is 12.9. The lowest BCUT2D eigenvalue weighted by Gasteiger charge is -2.20. The maximum atomic E-state index is 12.7. The number of para-hydroxylation sites is 1. The summed E-state index contributed by atoms with van der Waals surface area (Å²) < 4.78 is 0. The summed E-state index contributed by atoms with van der Waals surface area (Å²) in [7, 11) is 1.83. The highest BCUT2D eigenvalue weighted by Crippen LogP contribution is 2.20. The van der Waals surface area contributed by atoms with Gasteiger partial charge in [-0.3, -0.25) is 4.79 Å². The number of anilines is 1. The van der Waals surface area contributed by atoms with E-state index in [2.05, 4.69) is 24.1 Å². The van der Waals surface area contributed by atoms with Gasteiger partial charge < -0.3 is 10.2 Å². The summed E-state index contributed by atoms with van der Waals surface area (Å²) in [6.07, 6.45) is 0. The zero-order chi connectivity index (χ0) is 15.4. The van der Waals surface area contributed by atoms with Gasteiger partial charge in [-0.1, -0.05) is 12.1 Å². The highest BCUT2D eigenvalue weighted by Gasteiger charge is 2.17. The van der Waals surface area contributed by atoms with E-state index in [1.807, 2.05) is 43.7 Å². The Hall–Kier alpha value is -1.88. The van der Waals surface area contributed by atoms with E-state index < -0.39 is 0 Å². The molecule has 112 valence electrons. The van der Waals surface area contributed by atoms with Crippen molar-refractivity contribution >= 4 is 22.9 Å². The summed E-state index contributed by atoms with van der Waals surface area (Å²) in [6, 6.07) is 7.93. The van der Waals surface area contributed by atoms with E-state index in [1.54, 1.807) is 16.2 Å². The lowest BCUT2D eigenvalue weighted by molar-refractivity contribution is 0.0787. The van der Waals surface area contributed by atoms with Gasteiger partial charge in [-0.05, 0) is 32.9 Å². The largest absolute Gasteiger partial charge is 0.382 e. The summed E-state index contributed by atoms with van der Waals surface area (Å²) in [6.45, 7) is 6.68.